The Morgan fingerprint density at radius 2 is 1.68 bits per heavy atom. The van der Waals surface area contributed by atoms with Gasteiger partial charge in [0.05, 0.1) is 6.54 Å². The Balaban J connectivity index is 1.69. The van der Waals surface area contributed by atoms with Gasteiger partial charge in [0.1, 0.15) is 5.82 Å². The predicted octanol–water partition coefficient (Wildman–Crippen LogP) is 4.86. The van der Waals surface area contributed by atoms with Crippen molar-refractivity contribution in [1.82, 2.24) is 4.57 Å². The molecule has 0 bridgehead atoms. The van der Waals surface area contributed by atoms with Crippen molar-refractivity contribution in [2.75, 3.05) is 0 Å². The van der Waals surface area contributed by atoms with Gasteiger partial charge in [-0.15, -0.1) is 0 Å². The first-order chi connectivity index (χ1) is 12.1. The summed E-state index contributed by atoms with van der Waals surface area (Å²) >= 11 is 5.78. The van der Waals surface area contributed by atoms with Crippen molar-refractivity contribution in [3.63, 3.8) is 0 Å². The van der Waals surface area contributed by atoms with Gasteiger partial charge in [-0.2, -0.15) is 0 Å². The van der Waals surface area contributed by atoms with Crippen molar-refractivity contribution >= 4 is 11.6 Å². The summed E-state index contributed by atoms with van der Waals surface area (Å²) in [6.45, 7) is 0.203. The normalized spacial score (nSPS) is 10.8. The van der Waals surface area contributed by atoms with Crippen molar-refractivity contribution in [2.24, 2.45) is 0 Å². The minimum Gasteiger partial charge on any atom is -0.311 e. The molecule has 0 N–H and O–H groups in total. The molecule has 2 aromatic carbocycles. The van der Waals surface area contributed by atoms with E-state index in [4.69, 9.17) is 11.6 Å². The summed E-state index contributed by atoms with van der Waals surface area (Å²) in [7, 11) is 0. The van der Waals surface area contributed by atoms with E-state index in [1.165, 1.54) is 11.6 Å². The van der Waals surface area contributed by atoms with Crippen LogP contribution in [0.1, 0.15) is 23.1 Å². The Morgan fingerprint density at radius 1 is 0.920 bits per heavy atom. The first-order valence-electron chi connectivity index (χ1n) is 8.29. The molecule has 0 aliphatic heterocycles. The third kappa shape index (κ3) is 4.80. The lowest BCUT2D eigenvalue weighted by Crippen LogP contribution is -2.20. The molecule has 0 unspecified atom stereocenters. The lowest BCUT2D eigenvalue weighted by atomic mass is 10.1. The average molecular weight is 356 g/mol. The molecule has 1 aromatic heterocycles. The molecule has 0 saturated heterocycles. The van der Waals surface area contributed by atoms with Crippen LogP contribution in [0, 0.1) is 5.82 Å². The zero-order valence-corrected chi connectivity index (χ0v) is 14.5. The fourth-order valence-electron chi connectivity index (χ4n) is 2.83. The highest BCUT2D eigenvalue weighted by molar-refractivity contribution is 6.30. The van der Waals surface area contributed by atoms with E-state index in [0.29, 0.717) is 10.6 Å². The molecule has 1 heterocycles. The Hall–Kier alpha value is -2.39. The lowest BCUT2D eigenvalue weighted by molar-refractivity contribution is 0.595. The van der Waals surface area contributed by atoms with Gasteiger partial charge in [-0.25, -0.2) is 4.39 Å². The maximum atomic E-state index is 14.0. The number of hydrogen-bond donors (Lipinski definition) is 0. The molecule has 0 radical (unpaired) electrons. The van der Waals surface area contributed by atoms with Crippen LogP contribution < -0.4 is 5.56 Å². The SMILES string of the molecule is O=c1ccc(CCCc2ccccc2)cn1Cc1ccc(Cl)cc1F. The second-order valence-corrected chi connectivity index (χ2v) is 6.51. The maximum Gasteiger partial charge on any atom is 0.250 e. The van der Waals surface area contributed by atoms with Gasteiger partial charge >= 0.3 is 0 Å². The van der Waals surface area contributed by atoms with Crippen molar-refractivity contribution in [3.8, 4) is 0 Å². The molecular weight excluding hydrogens is 337 g/mol. The highest BCUT2D eigenvalue weighted by Crippen LogP contribution is 2.15. The van der Waals surface area contributed by atoms with Gasteiger partial charge in [-0.1, -0.05) is 54.1 Å². The van der Waals surface area contributed by atoms with E-state index in [9.17, 15) is 9.18 Å². The number of benzene rings is 2. The Kier molecular flexibility index (Phi) is 5.67. The number of nitrogens with zero attached hydrogens (tertiary/aromatic N) is 1. The van der Waals surface area contributed by atoms with Gasteiger partial charge in [-0.05, 0) is 42.5 Å². The van der Waals surface area contributed by atoms with Crippen LogP contribution in [0.2, 0.25) is 5.02 Å². The minimum absolute atomic E-state index is 0.138. The first-order valence-corrected chi connectivity index (χ1v) is 8.67. The zero-order chi connectivity index (χ0) is 17.6. The summed E-state index contributed by atoms with van der Waals surface area (Å²) in [6, 6.07) is 18.2. The zero-order valence-electron chi connectivity index (χ0n) is 13.8. The van der Waals surface area contributed by atoms with Crippen LogP contribution in [0.3, 0.4) is 0 Å². The molecule has 3 aromatic rings. The van der Waals surface area contributed by atoms with E-state index in [1.807, 2.05) is 30.5 Å². The Bertz CT molecular complexity index is 905. The smallest absolute Gasteiger partial charge is 0.250 e. The molecule has 0 aliphatic carbocycles. The summed E-state index contributed by atoms with van der Waals surface area (Å²) in [6.07, 6.45) is 4.68. The molecule has 128 valence electrons. The van der Waals surface area contributed by atoms with Crippen LogP contribution in [0.4, 0.5) is 4.39 Å². The predicted molar refractivity (Wildman–Crippen MR) is 99.7 cm³/mol. The van der Waals surface area contributed by atoms with Gasteiger partial charge in [0, 0.05) is 22.8 Å². The number of hydrogen-bond acceptors (Lipinski definition) is 1. The number of rotatable bonds is 6. The minimum atomic E-state index is -0.395. The number of aryl methyl sites for hydroxylation is 2. The summed E-state index contributed by atoms with van der Waals surface area (Å²) in [5.41, 5.74) is 2.69. The van der Waals surface area contributed by atoms with Crippen molar-refractivity contribution in [2.45, 2.75) is 25.8 Å². The van der Waals surface area contributed by atoms with Gasteiger partial charge in [0.2, 0.25) is 0 Å². The van der Waals surface area contributed by atoms with E-state index in [1.54, 1.807) is 22.8 Å². The largest absolute Gasteiger partial charge is 0.311 e. The van der Waals surface area contributed by atoms with E-state index in [-0.39, 0.29) is 12.1 Å². The molecule has 2 nitrogen and oxygen atoms in total. The molecule has 0 aliphatic rings. The third-order valence-corrected chi connectivity index (χ3v) is 4.41. The molecule has 3 rings (SSSR count). The van der Waals surface area contributed by atoms with Gasteiger partial charge in [0.25, 0.3) is 5.56 Å². The molecule has 0 saturated carbocycles. The van der Waals surface area contributed by atoms with Crippen LogP contribution in [0.25, 0.3) is 0 Å². The van der Waals surface area contributed by atoms with Gasteiger partial charge < -0.3 is 4.57 Å². The van der Waals surface area contributed by atoms with Gasteiger partial charge in [0.15, 0.2) is 0 Å². The third-order valence-electron chi connectivity index (χ3n) is 4.17. The van der Waals surface area contributed by atoms with E-state index in [2.05, 4.69) is 12.1 Å². The number of halogens is 2. The topological polar surface area (TPSA) is 22.0 Å². The Labute approximate surface area is 151 Å². The standard InChI is InChI=1S/C21H19ClFNO/c22-19-11-10-18(20(23)13-19)15-24-14-17(9-12-21(24)25)8-4-7-16-5-2-1-3-6-16/h1-3,5-6,9-14H,4,7-8,15H2. The highest BCUT2D eigenvalue weighted by atomic mass is 35.5. The average Bonchev–Trinajstić information content (AvgIpc) is 2.61. The number of pyridine rings is 1. The summed E-state index contributed by atoms with van der Waals surface area (Å²) in [5, 5.41) is 0.350. The molecule has 25 heavy (non-hydrogen) atoms. The second kappa shape index (κ2) is 8.13. The monoisotopic (exact) mass is 355 g/mol. The van der Waals surface area contributed by atoms with Crippen molar-refractivity contribution in [3.05, 3.63) is 105 Å². The molecule has 0 spiro atoms. The van der Waals surface area contributed by atoms with E-state index >= 15 is 0 Å². The summed E-state index contributed by atoms with van der Waals surface area (Å²) in [4.78, 5) is 12.1. The number of aromatic nitrogens is 1. The summed E-state index contributed by atoms with van der Waals surface area (Å²) < 4.78 is 15.5. The first kappa shape index (κ1) is 17.4. The van der Waals surface area contributed by atoms with E-state index < -0.39 is 5.82 Å². The molecule has 0 fully saturated rings. The molecule has 0 atom stereocenters. The maximum absolute atomic E-state index is 14.0. The molecule has 4 heteroatoms. The quantitative estimate of drug-likeness (QED) is 0.618. The summed E-state index contributed by atoms with van der Waals surface area (Å²) in [5.74, 6) is -0.395. The van der Waals surface area contributed by atoms with Crippen LogP contribution in [0.5, 0.6) is 0 Å². The van der Waals surface area contributed by atoms with Crippen molar-refractivity contribution in [1.29, 1.82) is 0 Å². The second-order valence-electron chi connectivity index (χ2n) is 6.08. The molecular formula is C21H19ClFNO. The van der Waals surface area contributed by atoms with Crippen LogP contribution in [-0.2, 0) is 19.4 Å². The lowest BCUT2D eigenvalue weighted by Gasteiger charge is -2.10. The van der Waals surface area contributed by atoms with Crippen LogP contribution in [-0.4, -0.2) is 4.57 Å². The fraction of sp³-hybridized carbons (Fsp3) is 0.190. The highest BCUT2D eigenvalue weighted by Gasteiger charge is 2.06. The van der Waals surface area contributed by atoms with Gasteiger partial charge in [-0.3, -0.25) is 4.79 Å². The van der Waals surface area contributed by atoms with E-state index in [0.717, 1.165) is 24.8 Å². The van der Waals surface area contributed by atoms with Crippen LogP contribution >= 0.6 is 11.6 Å². The molecule has 0 amide bonds. The Morgan fingerprint density at radius 3 is 2.44 bits per heavy atom. The van der Waals surface area contributed by atoms with Crippen LogP contribution in [0.15, 0.2) is 71.7 Å². The fourth-order valence-corrected chi connectivity index (χ4v) is 2.99. The van der Waals surface area contributed by atoms with Crippen molar-refractivity contribution < 1.29 is 4.39 Å².